The van der Waals surface area contributed by atoms with Crippen molar-refractivity contribution in [2.24, 2.45) is 0 Å². The maximum absolute atomic E-state index is 12.5. The van der Waals surface area contributed by atoms with Gasteiger partial charge in [-0.05, 0) is 38.8 Å². The Hall–Kier alpha value is -1.22. The van der Waals surface area contributed by atoms with Gasteiger partial charge in [-0.25, -0.2) is 13.1 Å². The topological polar surface area (TPSA) is 101 Å². The van der Waals surface area contributed by atoms with Crippen LogP contribution in [0.5, 0.6) is 0 Å². The molecule has 2 N–H and O–H groups in total. The summed E-state index contributed by atoms with van der Waals surface area (Å²) < 4.78 is 27.7. The van der Waals surface area contributed by atoms with E-state index in [-0.39, 0.29) is 35.1 Å². The Morgan fingerprint density at radius 2 is 2.09 bits per heavy atom. The zero-order valence-electron chi connectivity index (χ0n) is 12.4. The Labute approximate surface area is 136 Å². The van der Waals surface area contributed by atoms with E-state index in [4.69, 9.17) is 0 Å². The summed E-state index contributed by atoms with van der Waals surface area (Å²) in [6.45, 7) is 4.31. The molecule has 1 saturated heterocycles. The van der Waals surface area contributed by atoms with Gasteiger partial charge in [0.2, 0.25) is 10.0 Å². The number of sulfonamides is 1. The van der Waals surface area contributed by atoms with E-state index in [1.807, 2.05) is 6.92 Å². The van der Waals surface area contributed by atoms with Crippen LogP contribution in [0.4, 0.5) is 5.69 Å². The number of hydrogen-bond donors (Lipinski definition) is 2. The minimum Gasteiger partial charge on any atom is -0.313 e. The molecule has 7 nitrogen and oxygen atoms in total. The van der Waals surface area contributed by atoms with Gasteiger partial charge in [0.05, 0.1) is 4.92 Å². The number of piperidine rings is 1. The molecule has 0 aromatic heterocycles. The summed E-state index contributed by atoms with van der Waals surface area (Å²) in [6, 6.07) is 3.99. The second-order valence-electron chi connectivity index (χ2n) is 5.29. The average Bonchev–Trinajstić information content (AvgIpc) is 2.40. The van der Waals surface area contributed by atoms with Crippen LogP contribution in [-0.2, 0) is 10.0 Å². The van der Waals surface area contributed by atoms with E-state index >= 15 is 0 Å². The summed E-state index contributed by atoms with van der Waals surface area (Å²) in [5, 5.41) is 14.3. The molecule has 2 atom stereocenters. The van der Waals surface area contributed by atoms with Gasteiger partial charge in [-0.1, -0.05) is 12.1 Å². The van der Waals surface area contributed by atoms with Crippen LogP contribution in [0.25, 0.3) is 0 Å². The van der Waals surface area contributed by atoms with E-state index in [2.05, 4.69) is 10.0 Å². The molecule has 1 aliphatic heterocycles. The first-order valence-corrected chi connectivity index (χ1v) is 8.31. The molecule has 1 aromatic rings. The number of nitro groups is 1. The summed E-state index contributed by atoms with van der Waals surface area (Å²) in [4.78, 5) is 10.2. The Balaban J connectivity index is 0.00000242. The van der Waals surface area contributed by atoms with Crippen molar-refractivity contribution in [3.8, 4) is 0 Å². The third kappa shape index (κ3) is 3.95. The molecule has 0 radical (unpaired) electrons. The lowest BCUT2D eigenvalue weighted by Crippen LogP contribution is -2.51. The van der Waals surface area contributed by atoms with Crippen LogP contribution < -0.4 is 10.0 Å². The van der Waals surface area contributed by atoms with Gasteiger partial charge in [-0.2, -0.15) is 0 Å². The van der Waals surface area contributed by atoms with E-state index in [0.29, 0.717) is 12.0 Å². The normalized spacial score (nSPS) is 21.9. The number of hydrogen-bond acceptors (Lipinski definition) is 5. The smallest absolute Gasteiger partial charge is 0.289 e. The van der Waals surface area contributed by atoms with E-state index in [1.54, 1.807) is 13.0 Å². The monoisotopic (exact) mass is 349 g/mol. The minimum absolute atomic E-state index is 0. The van der Waals surface area contributed by atoms with E-state index < -0.39 is 14.9 Å². The second-order valence-corrected chi connectivity index (χ2v) is 6.94. The van der Waals surface area contributed by atoms with Crippen molar-refractivity contribution in [2.75, 3.05) is 6.54 Å². The lowest BCUT2D eigenvalue weighted by molar-refractivity contribution is -0.387. The fourth-order valence-corrected chi connectivity index (χ4v) is 4.34. The predicted molar refractivity (Wildman–Crippen MR) is 85.9 cm³/mol. The van der Waals surface area contributed by atoms with Crippen LogP contribution in [-0.4, -0.2) is 32.0 Å². The van der Waals surface area contributed by atoms with Gasteiger partial charge >= 0.3 is 0 Å². The molecule has 2 unspecified atom stereocenters. The maximum atomic E-state index is 12.5. The molecule has 0 saturated carbocycles. The first kappa shape index (κ1) is 18.8. The number of rotatable bonds is 4. The van der Waals surface area contributed by atoms with E-state index in [0.717, 1.165) is 13.0 Å². The molecule has 1 fully saturated rings. The number of halogens is 1. The van der Waals surface area contributed by atoms with Crippen LogP contribution >= 0.6 is 12.4 Å². The molecule has 1 aromatic carbocycles. The molecule has 0 bridgehead atoms. The van der Waals surface area contributed by atoms with E-state index in [1.165, 1.54) is 12.1 Å². The highest BCUT2D eigenvalue weighted by atomic mass is 35.5. The van der Waals surface area contributed by atoms with Crippen molar-refractivity contribution in [3.05, 3.63) is 33.9 Å². The first-order chi connectivity index (χ1) is 9.83. The van der Waals surface area contributed by atoms with Crippen molar-refractivity contribution in [3.63, 3.8) is 0 Å². The van der Waals surface area contributed by atoms with Gasteiger partial charge in [0, 0.05) is 18.2 Å². The quantitative estimate of drug-likeness (QED) is 0.637. The molecule has 1 heterocycles. The summed E-state index contributed by atoms with van der Waals surface area (Å²) in [6.07, 6.45) is 1.58. The lowest BCUT2D eigenvalue weighted by atomic mass is 10.0. The standard InChI is InChI=1S/C13H19N3O4S.ClH/c1-9-5-3-7-12(16(17)18)13(9)21(19,20)15-11-6-4-8-14-10(11)2;/h3,5,7,10-11,14-15H,4,6,8H2,1-2H3;1H. The molecule has 0 spiro atoms. The number of aryl methyl sites for hydroxylation is 1. The van der Waals surface area contributed by atoms with Gasteiger partial charge in [-0.3, -0.25) is 10.1 Å². The zero-order valence-corrected chi connectivity index (χ0v) is 14.0. The fraction of sp³-hybridized carbons (Fsp3) is 0.538. The van der Waals surface area contributed by atoms with Crippen molar-refractivity contribution in [1.82, 2.24) is 10.0 Å². The molecule has 1 aliphatic rings. The molecule has 2 rings (SSSR count). The molecule has 22 heavy (non-hydrogen) atoms. The Morgan fingerprint density at radius 3 is 2.68 bits per heavy atom. The zero-order chi connectivity index (χ0) is 15.6. The Kier molecular flexibility index (Phi) is 6.30. The molecule has 9 heteroatoms. The summed E-state index contributed by atoms with van der Waals surface area (Å²) in [5.41, 5.74) is -0.0213. The Morgan fingerprint density at radius 1 is 1.41 bits per heavy atom. The highest BCUT2D eigenvalue weighted by molar-refractivity contribution is 7.89. The van der Waals surface area contributed by atoms with Crippen molar-refractivity contribution in [2.45, 2.75) is 43.7 Å². The van der Waals surface area contributed by atoms with Crippen molar-refractivity contribution >= 4 is 28.1 Å². The second kappa shape index (κ2) is 7.36. The summed E-state index contributed by atoms with van der Waals surface area (Å²) in [7, 11) is -3.93. The molecule has 0 aliphatic carbocycles. The largest absolute Gasteiger partial charge is 0.313 e. The lowest BCUT2D eigenvalue weighted by Gasteiger charge is -2.30. The van der Waals surface area contributed by atoms with Gasteiger partial charge in [0.25, 0.3) is 5.69 Å². The predicted octanol–water partition coefficient (Wildman–Crippen LogP) is 1.74. The maximum Gasteiger partial charge on any atom is 0.289 e. The highest BCUT2D eigenvalue weighted by Crippen LogP contribution is 2.27. The molecule has 124 valence electrons. The van der Waals surface area contributed by atoms with Crippen molar-refractivity contribution in [1.29, 1.82) is 0 Å². The molecular weight excluding hydrogens is 330 g/mol. The fourth-order valence-electron chi connectivity index (χ4n) is 2.59. The average molecular weight is 350 g/mol. The number of nitrogens with one attached hydrogen (secondary N) is 2. The highest BCUT2D eigenvalue weighted by Gasteiger charge is 2.32. The van der Waals surface area contributed by atoms with Crippen LogP contribution in [0.3, 0.4) is 0 Å². The number of benzene rings is 1. The van der Waals surface area contributed by atoms with Crippen LogP contribution in [0.2, 0.25) is 0 Å². The number of nitro benzene ring substituents is 1. The van der Waals surface area contributed by atoms with Gasteiger partial charge in [-0.15, -0.1) is 12.4 Å². The SMILES string of the molecule is Cc1cccc([N+](=O)[O-])c1S(=O)(=O)NC1CCCNC1C.Cl. The summed E-state index contributed by atoms with van der Waals surface area (Å²) >= 11 is 0. The van der Waals surface area contributed by atoms with E-state index in [9.17, 15) is 18.5 Å². The van der Waals surface area contributed by atoms with Crippen LogP contribution in [0.1, 0.15) is 25.3 Å². The van der Waals surface area contributed by atoms with Crippen molar-refractivity contribution < 1.29 is 13.3 Å². The van der Waals surface area contributed by atoms with Gasteiger partial charge in [0.1, 0.15) is 0 Å². The third-order valence-corrected chi connectivity index (χ3v) is 5.41. The van der Waals surface area contributed by atoms with Gasteiger partial charge in [0.15, 0.2) is 4.90 Å². The van der Waals surface area contributed by atoms with Gasteiger partial charge < -0.3 is 5.32 Å². The third-order valence-electron chi connectivity index (χ3n) is 3.72. The molecular formula is C13H20ClN3O4S. The first-order valence-electron chi connectivity index (χ1n) is 6.82. The van der Waals surface area contributed by atoms with Crippen LogP contribution in [0, 0.1) is 17.0 Å². The molecule has 0 amide bonds. The minimum atomic E-state index is -3.93. The summed E-state index contributed by atoms with van der Waals surface area (Å²) in [5.74, 6) is 0. The Bertz CT molecular complexity index is 651. The number of nitrogens with zero attached hydrogens (tertiary/aromatic N) is 1. The van der Waals surface area contributed by atoms with Crippen LogP contribution in [0.15, 0.2) is 23.1 Å².